The molecule has 1 fully saturated rings. The van der Waals surface area contributed by atoms with Gasteiger partial charge in [-0.1, -0.05) is 6.42 Å². The van der Waals surface area contributed by atoms with Gasteiger partial charge in [-0.25, -0.2) is 0 Å². The number of halogens is 2. The molecule has 0 heterocycles. The van der Waals surface area contributed by atoms with E-state index in [-0.39, 0.29) is 24.8 Å². The summed E-state index contributed by atoms with van der Waals surface area (Å²) in [4.78, 5) is 0. The topological polar surface area (TPSA) is 38.0 Å². The average Bonchev–Trinajstić information content (AvgIpc) is 1.75. The third-order valence-electron chi connectivity index (χ3n) is 2.14. The van der Waals surface area contributed by atoms with Crippen molar-refractivity contribution in [3.8, 4) is 0 Å². The minimum atomic E-state index is 0. The van der Waals surface area contributed by atoms with Crippen LogP contribution in [0.2, 0.25) is 0 Å². The second-order valence-electron chi connectivity index (χ2n) is 3.35. The van der Waals surface area contributed by atoms with Crippen molar-refractivity contribution in [2.24, 2.45) is 5.73 Å². The first-order chi connectivity index (χ1) is 4.79. The zero-order valence-electron chi connectivity index (χ0n) is 7.58. The molecular formula is C8H20Cl2N2. The third kappa shape index (κ3) is 6.06. The fraction of sp³-hybridized carbons (Fsp3) is 1.00. The fourth-order valence-electron chi connectivity index (χ4n) is 1.13. The van der Waals surface area contributed by atoms with Gasteiger partial charge in [0.2, 0.25) is 0 Å². The minimum Gasteiger partial charge on any atom is -0.328 e. The van der Waals surface area contributed by atoms with Crippen molar-refractivity contribution in [3.63, 3.8) is 0 Å². The number of rotatable bonds is 4. The molecule has 0 aliphatic heterocycles. The van der Waals surface area contributed by atoms with Crippen molar-refractivity contribution in [2.75, 3.05) is 6.54 Å². The van der Waals surface area contributed by atoms with Crippen LogP contribution in [0.15, 0.2) is 0 Å². The quantitative estimate of drug-likeness (QED) is 0.749. The van der Waals surface area contributed by atoms with Crippen molar-refractivity contribution < 1.29 is 0 Å². The average molecular weight is 215 g/mol. The summed E-state index contributed by atoms with van der Waals surface area (Å²) in [6, 6.07) is 1.17. The molecule has 1 aliphatic carbocycles. The van der Waals surface area contributed by atoms with Gasteiger partial charge in [-0.05, 0) is 32.7 Å². The van der Waals surface area contributed by atoms with E-state index in [4.69, 9.17) is 5.73 Å². The summed E-state index contributed by atoms with van der Waals surface area (Å²) in [5.41, 5.74) is 5.60. The van der Waals surface area contributed by atoms with E-state index < -0.39 is 0 Å². The van der Waals surface area contributed by atoms with Crippen LogP contribution in [0.4, 0.5) is 0 Å². The number of hydrogen-bond acceptors (Lipinski definition) is 2. The molecule has 1 atom stereocenters. The zero-order chi connectivity index (χ0) is 7.40. The van der Waals surface area contributed by atoms with Crippen LogP contribution >= 0.6 is 24.8 Å². The van der Waals surface area contributed by atoms with Crippen LogP contribution in [0.1, 0.15) is 32.6 Å². The molecule has 0 bridgehead atoms. The molecule has 0 saturated heterocycles. The maximum atomic E-state index is 5.60. The van der Waals surface area contributed by atoms with Gasteiger partial charge in [0.25, 0.3) is 0 Å². The van der Waals surface area contributed by atoms with Crippen molar-refractivity contribution in [2.45, 2.75) is 44.7 Å². The van der Waals surface area contributed by atoms with Gasteiger partial charge in [0.15, 0.2) is 0 Å². The van der Waals surface area contributed by atoms with E-state index >= 15 is 0 Å². The van der Waals surface area contributed by atoms with Gasteiger partial charge in [-0.15, -0.1) is 24.8 Å². The van der Waals surface area contributed by atoms with Crippen LogP contribution in [0.5, 0.6) is 0 Å². The highest BCUT2D eigenvalue weighted by molar-refractivity contribution is 5.85. The van der Waals surface area contributed by atoms with Crippen LogP contribution in [-0.2, 0) is 0 Å². The smallest absolute Gasteiger partial charge is 0.00670 e. The van der Waals surface area contributed by atoms with Crippen LogP contribution < -0.4 is 11.1 Å². The normalized spacial score (nSPS) is 18.5. The monoisotopic (exact) mass is 214 g/mol. The minimum absolute atomic E-state index is 0. The van der Waals surface area contributed by atoms with E-state index in [1.54, 1.807) is 0 Å². The first-order valence-electron chi connectivity index (χ1n) is 4.28. The first-order valence-corrected chi connectivity index (χ1v) is 4.28. The Morgan fingerprint density at radius 1 is 1.42 bits per heavy atom. The molecule has 0 aromatic rings. The van der Waals surface area contributed by atoms with Gasteiger partial charge in [0.05, 0.1) is 0 Å². The summed E-state index contributed by atoms with van der Waals surface area (Å²) in [7, 11) is 0. The predicted octanol–water partition coefficient (Wildman–Crippen LogP) is 1.71. The van der Waals surface area contributed by atoms with Crippen molar-refractivity contribution in [1.29, 1.82) is 0 Å². The molecule has 0 spiro atoms. The van der Waals surface area contributed by atoms with Crippen LogP contribution in [0, 0.1) is 0 Å². The van der Waals surface area contributed by atoms with Crippen molar-refractivity contribution >= 4 is 24.8 Å². The van der Waals surface area contributed by atoms with Crippen LogP contribution in [0.25, 0.3) is 0 Å². The summed E-state index contributed by atoms with van der Waals surface area (Å²) in [5, 5.41) is 3.47. The Morgan fingerprint density at radius 2 is 2.00 bits per heavy atom. The van der Waals surface area contributed by atoms with Crippen molar-refractivity contribution in [3.05, 3.63) is 0 Å². The van der Waals surface area contributed by atoms with E-state index in [0.717, 1.165) is 19.0 Å². The molecule has 0 aromatic carbocycles. The molecule has 3 N–H and O–H groups in total. The van der Waals surface area contributed by atoms with Gasteiger partial charge in [-0.3, -0.25) is 0 Å². The van der Waals surface area contributed by atoms with E-state index in [2.05, 4.69) is 12.2 Å². The maximum absolute atomic E-state index is 5.60. The zero-order valence-corrected chi connectivity index (χ0v) is 9.22. The summed E-state index contributed by atoms with van der Waals surface area (Å²) >= 11 is 0. The SMILES string of the molecule is CC(N)CCNC1CCC1.Cl.Cl. The first kappa shape index (κ1) is 15.0. The predicted molar refractivity (Wildman–Crippen MR) is 58.4 cm³/mol. The third-order valence-corrected chi connectivity index (χ3v) is 2.14. The van der Waals surface area contributed by atoms with Crippen LogP contribution in [0.3, 0.4) is 0 Å². The number of hydrogen-bond donors (Lipinski definition) is 2. The molecule has 0 radical (unpaired) electrons. The molecule has 0 amide bonds. The Hall–Kier alpha value is 0.500. The number of nitrogens with one attached hydrogen (secondary N) is 1. The summed E-state index contributed by atoms with van der Waals surface area (Å²) in [6.45, 7) is 3.16. The molecule has 1 saturated carbocycles. The Kier molecular flexibility index (Phi) is 10.1. The van der Waals surface area contributed by atoms with E-state index in [9.17, 15) is 0 Å². The molecule has 1 aliphatic rings. The second-order valence-corrected chi connectivity index (χ2v) is 3.35. The highest BCUT2D eigenvalue weighted by Gasteiger charge is 2.15. The largest absolute Gasteiger partial charge is 0.328 e. The van der Waals surface area contributed by atoms with Gasteiger partial charge in [-0.2, -0.15) is 0 Å². The molecular weight excluding hydrogens is 195 g/mol. The molecule has 4 heteroatoms. The molecule has 2 nitrogen and oxygen atoms in total. The lowest BCUT2D eigenvalue weighted by Crippen LogP contribution is -2.37. The Balaban J connectivity index is 0. The molecule has 0 aromatic heterocycles. The Bertz CT molecular complexity index is 95.1. The molecule has 1 unspecified atom stereocenters. The number of nitrogens with two attached hydrogens (primary N) is 1. The van der Waals surface area contributed by atoms with Gasteiger partial charge in [0.1, 0.15) is 0 Å². The van der Waals surface area contributed by atoms with E-state index in [1.807, 2.05) is 0 Å². The fourth-order valence-corrected chi connectivity index (χ4v) is 1.13. The Labute approximate surface area is 87.5 Å². The lowest BCUT2D eigenvalue weighted by Gasteiger charge is -2.26. The maximum Gasteiger partial charge on any atom is 0.00670 e. The molecule has 12 heavy (non-hydrogen) atoms. The lowest BCUT2D eigenvalue weighted by atomic mass is 9.93. The lowest BCUT2D eigenvalue weighted by molar-refractivity contribution is 0.336. The van der Waals surface area contributed by atoms with E-state index in [1.165, 1.54) is 19.3 Å². The van der Waals surface area contributed by atoms with Gasteiger partial charge < -0.3 is 11.1 Å². The van der Waals surface area contributed by atoms with Gasteiger partial charge in [0, 0.05) is 12.1 Å². The second kappa shape index (κ2) is 8.11. The van der Waals surface area contributed by atoms with Gasteiger partial charge >= 0.3 is 0 Å². The van der Waals surface area contributed by atoms with E-state index in [0.29, 0.717) is 6.04 Å². The Morgan fingerprint density at radius 3 is 2.33 bits per heavy atom. The molecule has 1 rings (SSSR count). The highest BCUT2D eigenvalue weighted by atomic mass is 35.5. The summed E-state index contributed by atoms with van der Waals surface area (Å²) < 4.78 is 0. The molecule has 76 valence electrons. The summed E-state index contributed by atoms with van der Waals surface area (Å²) in [5.74, 6) is 0. The standard InChI is InChI=1S/C8H18N2.2ClH/c1-7(9)5-6-10-8-3-2-4-8;;/h7-8,10H,2-6,9H2,1H3;2*1H. The highest BCUT2D eigenvalue weighted by Crippen LogP contribution is 2.17. The van der Waals surface area contributed by atoms with Crippen molar-refractivity contribution in [1.82, 2.24) is 5.32 Å². The van der Waals surface area contributed by atoms with Crippen LogP contribution in [-0.4, -0.2) is 18.6 Å². The summed E-state index contributed by atoms with van der Waals surface area (Å²) in [6.07, 6.45) is 5.27.